The molecule has 1 aromatic carbocycles. The lowest BCUT2D eigenvalue weighted by Gasteiger charge is -2.12. The first-order valence-electron chi connectivity index (χ1n) is 6.42. The second-order valence-corrected chi connectivity index (χ2v) is 5.02. The molecule has 0 fully saturated rings. The molecule has 2 heterocycles. The third-order valence-electron chi connectivity index (χ3n) is 3.24. The van der Waals surface area contributed by atoms with E-state index < -0.39 is 0 Å². The highest BCUT2D eigenvalue weighted by Crippen LogP contribution is 2.23. The Labute approximate surface area is 114 Å². The van der Waals surface area contributed by atoms with Crippen LogP contribution in [0.3, 0.4) is 0 Å². The smallest absolute Gasteiger partial charge is 0.248 e. The van der Waals surface area contributed by atoms with E-state index in [4.69, 9.17) is 0 Å². The van der Waals surface area contributed by atoms with E-state index in [2.05, 4.69) is 9.97 Å². The Bertz CT molecular complexity index is 832. The summed E-state index contributed by atoms with van der Waals surface area (Å²) in [7, 11) is 0. The van der Waals surface area contributed by atoms with Crippen LogP contribution in [0, 0.1) is 5.82 Å². The van der Waals surface area contributed by atoms with E-state index in [0.29, 0.717) is 16.6 Å². The van der Waals surface area contributed by atoms with Crippen molar-refractivity contribution in [1.82, 2.24) is 14.5 Å². The molecule has 5 heteroatoms. The first-order chi connectivity index (χ1) is 9.56. The summed E-state index contributed by atoms with van der Waals surface area (Å²) in [6.07, 6.45) is 3.37. The summed E-state index contributed by atoms with van der Waals surface area (Å²) >= 11 is 0. The number of fused-ring (bicyclic) bond motifs is 1. The van der Waals surface area contributed by atoms with Crippen molar-refractivity contribution in [2.45, 2.75) is 19.8 Å². The summed E-state index contributed by atoms with van der Waals surface area (Å²) in [5.41, 5.74) is 0.794. The molecule has 4 nitrogen and oxygen atoms in total. The number of halogens is 1. The molecule has 0 atom stereocenters. The summed E-state index contributed by atoms with van der Waals surface area (Å²) < 4.78 is 16.0. The Morgan fingerprint density at radius 3 is 2.85 bits per heavy atom. The normalized spacial score (nSPS) is 11.4. The van der Waals surface area contributed by atoms with Crippen LogP contribution < -0.4 is 5.56 Å². The van der Waals surface area contributed by atoms with E-state index in [1.54, 1.807) is 29.1 Å². The number of rotatable bonds is 2. The predicted octanol–water partition coefficient (Wildman–Crippen LogP) is 2.98. The molecule has 3 aromatic rings. The number of aromatic nitrogens is 3. The highest BCUT2D eigenvalue weighted by molar-refractivity contribution is 5.80. The van der Waals surface area contributed by atoms with Gasteiger partial charge >= 0.3 is 0 Å². The monoisotopic (exact) mass is 271 g/mol. The van der Waals surface area contributed by atoms with Crippen LogP contribution in [0.1, 0.15) is 25.6 Å². The maximum Gasteiger partial charge on any atom is 0.248 e. The molecule has 0 unspecified atom stereocenters. The van der Waals surface area contributed by atoms with Crippen molar-refractivity contribution in [3.8, 4) is 5.69 Å². The fourth-order valence-corrected chi connectivity index (χ4v) is 2.29. The summed E-state index contributed by atoms with van der Waals surface area (Å²) in [5, 5.41) is 0.664. The number of hydrogen-bond acceptors (Lipinski definition) is 2. The van der Waals surface area contributed by atoms with E-state index in [9.17, 15) is 9.18 Å². The van der Waals surface area contributed by atoms with Gasteiger partial charge in [-0.1, -0.05) is 13.8 Å². The van der Waals surface area contributed by atoms with Crippen LogP contribution in [0.25, 0.3) is 16.6 Å². The minimum Gasteiger partial charge on any atom is -0.322 e. The van der Waals surface area contributed by atoms with Crippen LogP contribution in [0.4, 0.5) is 4.39 Å². The van der Waals surface area contributed by atoms with Gasteiger partial charge in [0.05, 0.1) is 11.2 Å². The molecule has 0 spiro atoms. The van der Waals surface area contributed by atoms with Crippen LogP contribution >= 0.6 is 0 Å². The van der Waals surface area contributed by atoms with E-state index >= 15 is 0 Å². The first kappa shape index (κ1) is 12.6. The summed E-state index contributed by atoms with van der Waals surface area (Å²) in [5.74, 6) is 0.612. The van der Waals surface area contributed by atoms with Gasteiger partial charge in [0.2, 0.25) is 5.56 Å². The third-order valence-corrected chi connectivity index (χ3v) is 3.24. The van der Waals surface area contributed by atoms with Crippen LogP contribution in [-0.2, 0) is 0 Å². The van der Waals surface area contributed by atoms with Gasteiger partial charge in [-0.3, -0.25) is 4.79 Å². The molecule has 0 amide bonds. The lowest BCUT2D eigenvalue weighted by atomic mass is 10.1. The molecule has 0 aliphatic rings. The van der Waals surface area contributed by atoms with Crippen molar-refractivity contribution in [2.24, 2.45) is 0 Å². The van der Waals surface area contributed by atoms with Crippen molar-refractivity contribution < 1.29 is 4.39 Å². The highest BCUT2D eigenvalue weighted by atomic mass is 19.1. The first-order valence-corrected chi connectivity index (χ1v) is 6.42. The van der Waals surface area contributed by atoms with Gasteiger partial charge in [0.1, 0.15) is 11.6 Å². The van der Waals surface area contributed by atoms with E-state index in [1.165, 1.54) is 12.1 Å². The largest absolute Gasteiger partial charge is 0.322 e. The number of pyridine rings is 1. The number of imidazole rings is 1. The van der Waals surface area contributed by atoms with Crippen molar-refractivity contribution in [1.29, 1.82) is 0 Å². The lowest BCUT2D eigenvalue weighted by molar-refractivity contribution is 0.613. The quantitative estimate of drug-likeness (QED) is 0.779. The Morgan fingerprint density at radius 2 is 2.10 bits per heavy atom. The van der Waals surface area contributed by atoms with Gasteiger partial charge in [0.25, 0.3) is 0 Å². The number of aromatic amines is 1. The van der Waals surface area contributed by atoms with Gasteiger partial charge in [-0.15, -0.1) is 0 Å². The molecule has 3 rings (SSSR count). The lowest BCUT2D eigenvalue weighted by Crippen LogP contribution is -2.07. The molecular weight excluding hydrogens is 257 g/mol. The van der Waals surface area contributed by atoms with Gasteiger partial charge in [-0.05, 0) is 18.2 Å². The molecule has 2 aromatic heterocycles. The van der Waals surface area contributed by atoms with Crippen molar-refractivity contribution in [3.63, 3.8) is 0 Å². The molecule has 102 valence electrons. The molecule has 0 aliphatic carbocycles. The van der Waals surface area contributed by atoms with Crippen LogP contribution in [0.15, 0.2) is 41.5 Å². The molecule has 0 radical (unpaired) electrons. The van der Waals surface area contributed by atoms with Gasteiger partial charge < -0.3 is 9.55 Å². The Kier molecular flexibility index (Phi) is 2.89. The topological polar surface area (TPSA) is 50.7 Å². The standard InChI is InChI=1S/C15H14FN3O/c1-9(2)15-17-5-6-19(15)13-8-12-10(7-11(13)16)3-4-14(20)18-12/h3-9H,1-2H3,(H,18,20). The summed E-state index contributed by atoms with van der Waals surface area (Å²) in [6.45, 7) is 4.00. The van der Waals surface area contributed by atoms with Crippen molar-refractivity contribution in [2.75, 3.05) is 0 Å². The van der Waals surface area contributed by atoms with E-state index in [0.717, 1.165) is 5.82 Å². The second-order valence-electron chi connectivity index (χ2n) is 5.02. The zero-order valence-electron chi connectivity index (χ0n) is 11.2. The zero-order valence-corrected chi connectivity index (χ0v) is 11.2. The number of benzene rings is 1. The molecule has 0 saturated carbocycles. The molecular formula is C15H14FN3O. The molecule has 0 saturated heterocycles. The zero-order chi connectivity index (χ0) is 14.3. The van der Waals surface area contributed by atoms with Crippen molar-refractivity contribution in [3.05, 3.63) is 58.7 Å². The van der Waals surface area contributed by atoms with Gasteiger partial charge in [-0.25, -0.2) is 9.37 Å². The highest BCUT2D eigenvalue weighted by Gasteiger charge is 2.13. The number of H-pyrrole nitrogens is 1. The van der Waals surface area contributed by atoms with Crippen molar-refractivity contribution >= 4 is 10.9 Å². The van der Waals surface area contributed by atoms with E-state index in [1.807, 2.05) is 13.8 Å². The SMILES string of the molecule is CC(C)c1nccn1-c1cc2[nH]c(=O)ccc2cc1F. The Balaban J connectivity index is 2.27. The summed E-state index contributed by atoms with van der Waals surface area (Å²) in [4.78, 5) is 18.3. The third kappa shape index (κ3) is 2.01. The summed E-state index contributed by atoms with van der Waals surface area (Å²) in [6, 6.07) is 6.06. The van der Waals surface area contributed by atoms with Gasteiger partial charge in [0.15, 0.2) is 0 Å². The average molecular weight is 271 g/mol. The maximum absolute atomic E-state index is 14.3. The number of hydrogen-bond donors (Lipinski definition) is 1. The minimum absolute atomic E-state index is 0.176. The minimum atomic E-state index is -0.343. The predicted molar refractivity (Wildman–Crippen MR) is 75.7 cm³/mol. The van der Waals surface area contributed by atoms with Crippen LogP contribution in [0.5, 0.6) is 0 Å². The fourth-order valence-electron chi connectivity index (χ4n) is 2.29. The van der Waals surface area contributed by atoms with Crippen LogP contribution in [-0.4, -0.2) is 14.5 Å². The number of nitrogens with zero attached hydrogens (tertiary/aromatic N) is 2. The Hall–Kier alpha value is -2.43. The van der Waals surface area contributed by atoms with Gasteiger partial charge in [-0.2, -0.15) is 0 Å². The molecule has 1 N–H and O–H groups in total. The molecule has 0 bridgehead atoms. The van der Waals surface area contributed by atoms with Crippen LogP contribution in [0.2, 0.25) is 0 Å². The van der Waals surface area contributed by atoms with E-state index in [-0.39, 0.29) is 17.3 Å². The fraction of sp³-hybridized carbons (Fsp3) is 0.200. The molecule has 0 aliphatic heterocycles. The Morgan fingerprint density at radius 1 is 1.30 bits per heavy atom. The van der Waals surface area contributed by atoms with Gasteiger partial charge in [0, 0.05) is 29.8 Å². The maximum atomic E-state index is 14.3. The number of nitrogens with one attached hydrogen (secondary N) is 1. The molecule has 20 heavy (non-hydrogen) atoms. The average Bonchev–Trinajstić information content (AvgIpc) is 2.87. The second kappa shape index (κ2) is 4.59.